The monoisotopic (exact) mass is 625 g/mol. The summed E-state index contributed by atoms with van der Waals surface area (Å²) in [6.45, 7) is 13.3. The second-order valence-corrected chi connectivity index (χ2v) is 12.3. The molecule has 252 valence electrons. The highest BCUT2D eigenvalue weighted by atomic mass is 16.6. The molecular weight excluding hydrogens is 570 g/mol. The number of methoxy groups -OCH3 is 2. The van der Waals surface area contributed by atoms with E-state index in [2.05, 4.69) is 18.3 Å². The summed E-state index contributed by atoms with van der Waals surface area (Å²) in [7, 11) is 3.11. The zero-order chi connectivity index (χ0) is 33.8. The van der Waals surface area contributed by atoms with Crippen LogP contribution in [0.5, 0.6) is 11.5 Å². The molecular formula is C33H55NO10. The molecule has 1 aromatic carbocycles. The summed E-state index contributed by atoms with van der Waals surface area (Å²) in [6.07, 6.45) is 2.94. The molecule has 0 aliphatic carbocycles. The number of allylic oxidation sites excluding steroid dienone is 2. The number of aromatic hydroxyl groups is 2. The Morgan fingerprint density at radius 3 is 2.34 bits per heavy atom. The van der Waals surface area contributed by atoms with Crippen LogP contribution in [0.25, 0.3) is 0 Å². The first-order valence-electron chi connectivity index (χ1n) is 15.2. The summed E-state index contributed by atoms with van der Waals surface area (Å²) in [6, 6.07) is 1.03. The predicted octanol–water partition coefficient (Wildman–Crippen LogP) is 4.46. The van der Waals surface area contributed by atoms with Gasteiger partial charge in [-0.25, -0.2) is 4.79 Å². The molecule has 44 heavy (non-hydrogen) atoms. The van der Waals surface area contributed by atoms with E-state index in [4.69, 9.17) is 19.3 Å². The number of ether oxygens (including phenoxy) is 3. The fraction of sp³-hybridized carbons (Fsp3) is 0.697. The number of benzene rings is 1. The minimum Gasteiger partial charge on any atom is -0.508 e. The molecule has 1 saturated heterocycles. The summed E-state index contributed by atoms with van der Waals surface area (Å²) in [4.78, 5) is 23.3. The Morgan fingerprint density at radius 2 is 1.84 bits per heavy atom. The minimum atomic E-state index is -1.28. The van der Waals surface area contributed by atoms with Crippen molar-refractivity contribution in [1.82, 2.24) is 5.32 Å². The van der Waals surface area contributed by atoms with Crippen LogP contribution in [0.3, 0.4) is 0 Å². The van der Waals surface area contributed by atoms with Gasteiger partial charge in [-0.2, -0.15) is 0 Å². The van der Waals surface area contributed by atoms with E-state index >= 15 is 0 Å². The van der Waals surface area contributed by atoms with Crippen molar-refractivity contribution in [2.45, 2.75) is 118 Å². The maximum Gasteiger partial charge on any atom is 0.339 e. The average molecular weight is 626 g/mol. The number of rotatable bonds is 14. The lowest BCUT2D eigenvalue weighted by Gasteiger charge is -2.49. The summed E-state index contributed by atoms with van der Waals surface area (Å²) in [5, 5.41) is 51.9. The van der Waals surface area contributed by atoms with Crippen LogP contribution in [0.2, 0.25) is 0 Å². The second-order valence-electron chi connectivity index (χ2n) is 12.3. The number of hydrogen-bond donors (Lipinski definition) is 6. The summed E-state index contributed by atoms with van der Waals surface area (Å²) < 4.78 is 17.5. The molecule has 1 aromatic rings. The van der Waals surface area contributed by atoms with Crippen molar-refractivity contribution in [1.29, 1.82) is 0 Å². The van der Waals surface area contributed by atoms with E-state index in [9.17, 15) is 30.0 Å². The number of carbonyl (C=O) groups excluding carboxylic acids is 1. The van der Waals surface area contributed by atoms with Crippen molar-refractivity contribution < 1.29 is 49.3 Å². The zero-order valence-electron chi connectivity index (χ0n) is 27.8. The molecule has 0 saturated carbocycles. The number of carboxylic acid groups (broad SMARTS) is 1. The Balaban J connectivity index is 0.00000106. The van der Waals surface area contributed by atoms with Crippen molar-refractivity contribution in [3.05, 3.63) is 34.4 Å². The van der Waals surface area contributed by atoms with Gasteiger partial charge < -0.3 is 45.1 Å². The van der Waals surface area contributed by atoms with Gasteiger partial charge in [0.1, 0.15) is 23.2 Å². The van der Waals surface area contributed by atoms with Gasteiger partial charge in [-0.15, -0.1) is 0 Å². The quantitative estimate of drug-likeness (QED) is 0.128. The van der Waals surface area contributed by atoms with E-state index in [-0.39, 0.29) is 42.1 Å². The number of hydrogen-bond acceptors (Lipinski definition) is 9. The van der Waals surface area contributed by atoms with E-state index in [0.717, 1.165) is 18.9 Å². The van der Waals surface area contributed by atoms with E-state index in [1.807, 2.05) is 27.7 Å². The molecule has 1 aliphatic rings. The van der Waals surface area contributed by atoms with Crippen molar-refractivity contribution in [2.75, 3.05) is 20.8 Å². The number of amides is 1. The number of aliphatic hydroxyl groups is 2. The van der Waals surface area contributed by atoms with Crippen LogP contribution in [0.4, 0.5) is 0 Å². The molecule has 11 nitrogen and oxygen atoms in total. The first-order chi connectivity index (χ1) is 20.5. The second kappa shape index (κ2) is 18.3. The van der Waals surface area contributed by atoms with Crippen molar-refractivity contribution in [2.24, 2.45) is 11.3 Å². The Morgan fingerprint density at radius 1 is 1.20 bits per heavy atom. The van der Waals surface area contributed by atoms with Crippen molar-refractivity contribution in [3.63, 3.8) is 0 Å². The number of phenolic OH excluding ortho intramolecular Hbond substituents is 1. The minimum absolute atomic E-state index is 0.179. The highest BCUT2D eigenvalue weighted by molar-refractivity contribution is 5.93. The van der Waals surface area contributed by atoms with Gasteiger partial charge in [-0.3, -0.25) is 4.79 Å². The largest absolute Gasteiger partial charge is 0.508 e. The molecule has 11 heteroatoms. The highest BCUT2D eigenvalue weighted by Crippen LogP contribution is 2.42. The lowest BCUT2D eigenvalue weighted by molar-refractivity contribution is -0.220. The van der Waals surface area contributed by atoms with Gasteiger partial charge in [0, 0.05) is 52.1 Å². The number of carboxylic acids is 1. The Kier molecular flexibility index (Phi) is 16.4. The van der Waals surface area contributed by atoms with Gasteiger partial charge in [0.05, 0.1) is 18.3 Å². The highest BCUT2D eigenvalue weighted by Gasteiger charge is 2.48. The number of phenols is 2. The Bertz CT molecular complexity index is 1100. The number of nitrogens with one attached hydrogen (secondary N) is 1. The van der Waals surface area contributed by atoms with Crippen LogP contribution in [0.1, 0.15) is 95.1 Å². The molecule has 0 bridgehead atoms. The molecule has 1 unspecified atom stereocenters. The summed E-state index contributed by atoms with van der Waals surface area (Å²) >= 11 is 0. The van der Waals surface area contributed by atoms with Gasteiger partial charge in [-0.05, 0) is 63.5 Å². The summed E-state index contributed by atoms with van der Waals surface area (Å²) in [5.74, 6) is -2.44. The first kappa shape index (κ1) is 39.3. The molecule has 1 aliphatic heterocycles. The van der Waals surface area contributed by atoms with Crippen LogP contribution in [-0.4, -0.2) is 88.9 Å². The molecule has 0 radical (unpaired) electrons. The van der Waals surface area contributed by atoms with Crippen LogP contribution in [-0.2, 0) is 25.4 Å². The summed E-state index contributed by atoms with van der Waals surface area (Å²) in [5.41, 5.74) is 1.41. The SMILES string of the molecule is C/C=C(\C)CCCO.CO[C@H](NC(C)=O)[C@@H]1C[C@@H](OC)C(C)(C)[C@@H](C[C@H](O)C(C)CCc2c(C)c(O)cc(O)c2C(=O)O)O1. The molecule has 1 amide bonds. The van der Waals surface area contributed by atoms with Crippen LogP contribution in [0, 0.1) is 18.3 Å². The topological polar surface area (TPSA) is 175 Å². The van der Waals surface area contributed by atoms with Crippen LogP contribution in [0.15, 0.2) is 17.7 Å². The smallest absolute Gasteiger partial charge is 0.339 e. The fourth-order valence-corrected chi connectivity index (χ4v) is 5.50. The van der Waals surface area contributed by atoms with E-state index < -0.39 is 41.7 Å². The van der Waals surface area contributed by atoms with Crippen molar-refractivity contribution in [3.8, 4) is 11.5 Å². The molecule has 0 spiro atoms. The third-order valence-corrected chi connectivity index (χ3v) is 8.73. The Labute approximate surface area is 262 Å². The third-order valence-electron chi connectivity index (χ3n) is 8.73. The third kappa shape index (κ3) is 11.0. The predicted molar refractivity (Wildman–Crippen MR) is 168 cm³/mol. The van der Waals surface area contributed by atoms with Gasteiger partial charge in [-0.1, -0.05) is 32.4 Å². The molecule has 6 N–H and O–H groups in total. The molecule has 0 aromatic heterocycles. The van der Waals surface area contributed by atoms with Crippen molar-refractivity contribution >= 4 is 11.9 Å². The molecule has 2 rings (SSSR count). The van der Waals surface area contributed by atoms with Gasteiger partial charge >= 0.3 is 5.97 Å². The zero-order valence-corrected chi connectivity index (χ0v) is 27.8. The van der Waals surface area contributed by atoms with Gasteiger partial charge in [0.15, 0.2) is 6.23 Å². The molecule has 6 atom stereocenters. The molecule has 1 fully saturated rings. The normalized spacial score (nSPS) is 21.9. The van der Waals surface area contributed by atoms with E-state index in [1.54, 1.807) is 14.0 Å². The van der Waals surface area contributed by atoms with E-state index in [1.165, 1.54) is 19.6 Å². The van der Waals surface area contributed by atoms with E-state index in [0.29, 0.717) is 30.6 Å². The maximum atomic E-state index is 11.7. The fourth-order valence-electron chi connectivity index (χ4n) is 5.50. The number of aromatic carboxylic acids is 1. The lowest BCUT2D eigenvalue weighted by Crippen LogP contribution is -2.58. The average Bonchev–Trinajstić information content (AvgIpc) is 2.96. The first-order valence-corrected chi connectivity index (χ1v) is 15.2. The Hall–Kier alpha value is -2.70. The van der Waals surface area contributed by atoms with Crippen LogP contribution >= 0.6 is 0 Å². The number of carbonyl (C=O) groups is 2. The standard InChI is InChI=1S/C26H41NO9.C7H14O/c1-13(8-9-16-14(2)18(30)10-19(31)23(16)25(32)33)17(29)11-22-26(4,5)21(34-6)12-20(36-22)24(35-7)27-15(3)28;1-3-7(2)5-4-6-8/h10,13,17,20-22,24,29-31H,8-9,11-12H2,1-7H3,(H,27,28)(H,32,33);3,8H,4-6H2,1-2H3/b;7-3+/t13?,17-,20-,21+,22+,24-;/m0./s1. The maximum absolute atomic E-state index is 11.7. The van der Waals surface area contributed by atoms with Gasteiger partial charge in [0.25, 0.3) is 0 Å². The lowest BCUT2D eigenvalue weighted by atomic mass is 9.73. The molecule has 1 heterocycles. The number of aliphatic hydroxyl groups excluding tert-OH is 2. The van der Waals surface area contributed by atoms with Gasteiger partial charge in [0.2, 0.25) is 5.91 Å². The van der Waals surface area contributed by atoms with Crippen LogP contribution < -0.4 is 5.32 Å².